The van der Waals surface area contributed by atoms with Gasteiger partial charge in [0.15, 0.2) is 0 Å². The summed E-state index contributed by atoms with van der Waals surface area (Å²) in [5.74, 6) is 1.53. The van der Waals surface area contributed by atoms with Crippen molar-refractivity contribution in [3.8, 4) is 0 Å². The number of nitrogens with one attached hydrogen (secondary N) is 1. The Kier molecular flexibility index (Phi) is 4.64. The van der Waals surface area contributed by atoms with Crippen LogP contribution in [0, 0.1) is 11.8 Å². The van der Waals surface area contributed by atoms with E-state index in [0.717, 1.165) is 18.4 Å². The van der Waals surface area contributed by atoms with Crippen molar-refractivity contribution in [3.63, 3.8) is 0 Å². The van der Waals surface area contributed by atoms with Gasteiger partial charge in [-0.1, -0.05) is 44.2 Å². The first-order valence-electron chi connectivity index (χ1n) is 7.57. The quantitative estimate of drug-likeness (QED) is 0.869. The molecular weight excluding hydrogens is 232 g/mol. The summed E-state index contributed by atoms with van der Waals surface area (Å²) in [5.41, 5.74) is 7.59. The van der Waals surface area contributed by atoms with Crippen LogP contribution < -0.4 is 11.1 Å². The fourth-order valence-corrected chi connectivity index (χ4v) is 3.90. The van der Waals surface area contributed by atoms with Gasteiger partial charge in [0.25, 0.3) is 0 Å². The third-order valence-electron chi connectivity index (χ3n) is 4.50. The molecule has 2 heteroatoms. The van der Waals surface area contributed by atoms with Gasteiger partial charge in [-0.05, 0) is 43.6 Å². The highest BCUT2D eigenvalue weighted by molar-refractivity contribution is 5.19. The van der Waals surface area contributed by atoms with Crippen molar-refractivity contribution in [2.45, 2.75) is 51.6 Å². The largest absolute Gasteiger partial charge is 0.329 e. The molecule has 0 saturated heterocycles. The molecule has 106 valence electrons. The maximum absolute atomic E-state index is 6.13. The van der Waals surface area contributed by atoms with Crippen LogP contribution >= 0.6 is 0 Å². The number of nitrogens with two attached hydrogens (primary N) is 1. The Labute approximate surface area is 117 Å². The fraction of sp³-hybridized carbons (Fsp3) is 0.647. The second-order valence-corrected chi connectivity index (χ2v) is 6.62. The van der Waals surface area contributed by atoms with Gasteiger partial charge in [-0.2, -0.15) is 0 Å². The van der Waals surface area contributed by atoms with Crippen molar-refractivity contribution in [1.29, 1.82) is 0 Å². The highest BCUT2D eigenvalue weighted by Gasteiger charge is 2.37. The molecule has 3 unspecified atom stereocenters. The first-order valence-corrected chi connectivity index (χ1v) is 7.57. The Balaban J connectivity index is 2.10. The molecule has 3 N–H and O–H groups in total. The molecular formula is C17H28N2. The first-order chi connectivity index (χ1) is 9.04. The molecule has 1 aromatic rings. The zero-order chi connectivity index (χ0) is 13.9. The van der Waals surface area contributed by atoms with Crippen LogP contribution in [0.3, 0.4) is 0 Å². The van der Waals surface area contributed by atoms with Gasteiger partial charge in [0.05, 0.1) is 0 Å². The van der Waals surface area contributed by atoms with E-state index in [1.807, 2.05) is 0 Å². The highest BCUT2D eigenvalue weighted by Crippen LogP contribution is 2.36. The second-order valence-electron chi connectivity index (χ2n) is 6.62. The molecule has 0 aliphatic heterocycles. The average Bonchev–Trinajstić information content (AvgIpc) is 2.38. The van der Waals surface area contributed by atoms with E-state index >= 15 is 0 Å². The molecule has 0 radical (unpaired) electrons. The summed E-state index contributed by atoms with van der Waals surface area (Å²) in [6.45, 7) is 7.69. The molecule has 1 aliphatic carbocycles. The molecule has 0 heterocycles. The standard InChI is InChI=1S/C17H28N2/c1-13-9-14(2)11-17(10-13,12-18)19-15(3)16-7-5-4-6-8-16/h4-8,13-15,19H,9-12,18H2,1-3H3. The van der Waals surface area contributed by atoms with Crippen LogP contribution in [0.1, 0.15) is 51.6 Å². The molecule has 1 aliphatic rings. The lowest BCUT2D eigenvalue weighted by molar-refractivity contribution is 0.138. The Morgan fingerprint density at radius 3 is 2.32 bits per heavy atom. The van der Waals surface area contributed by atoms with Crippen molar-refractivity contribution < 1.29 is 0 Å². The third-order valence-corrected chi connectivity index (χ3v) is 4.50. The molecule has 0 amide bonds. The lowest BCUT2D eigenvalue weighted by Crippen LogP contribution is -2.55. The molecule has 2 rings (SSSR count). The second kappa shape index (κ2) is 6.06. The lowest BCUT2D eigenvalue weighted by atomic mass is 9.71. The summed E-state index contributed by atoms with van der Waals surface area (Å²) >= 11 is 0. The van der Waals surface area contributed by atoms with E-state index in [9.17, 15) is 0 Å². The van der Waals surface area contributed by atoms with Gasteiger partial charge in [-0.15, -0.1) is 0 Å². The van der Waals surface area contributed by atoms with Gasteiger partial charge >= 0.3 is 0 Å². The molecule has 1 fully saturated rings. The molecule has 2 nitrogen and oxygen atoms in total. The van der Waals surface area contributed by atoms with Gasteiger partial charge in [-0.3, -0.25) is 0 Å². The van der Waals surface area contributed by atoms with E-state index in [1.54, 1.807) is 0 Å². The topological polar surface area (TPSA) is 38.0 Å². The summed E-state index contributed by atoms with van der Waals surface area (Å²) in [6.07, 6.45) is 3.74. The van der Waals surface area contributed by atoms with Gasteiger partial charge in [0.1, 0.15) is 0 Å². The van der Waals surface area contributed by atoms with Crippen LogP contribution in [0.4, 0.5) is 0 Å². The third kappa shape index (κ3) is 3.58. The zero-order valence-electron chi connectivity index (χ0n) is 12.5. The average molecular weight is 260 g/mol. The van der Waals surface area contributed by atoms with Gasteiger partial charge in [0.2, 0.25) is 0 Å². The van der Waals surface area contributed by atoms with Crippen LogP contribution in [0.15, 0.2) is 30.3 Å². The Bertz CT molecular complexity index is 378. The number of benzene rings is 1. The smallest absolute Gasteiger partial charge is 0.0314 e. The maximum Gasteiger partial charge on any atom is 0.0314 e. The van der Waals surface area contributed by atoms with E-state index in [4.69, 9.17) is 5.73 Å². The number of hydrogen-bond acceptors (Lipinski definition) is 2. The minimum atomic E-state index is 0.117. The van der Waals surface area contributed by atoms with Gasteiger partial charge < -0.3 is 11.1 Å². The van der Waals surface area contributed by atoms with E-state index in [0.29, 0.717) is 6.04 Å². The van der Waals surface area contributed by atoms with Crippen molar-refractivity contribution in [2.75, 3.05) is 6.54 Å². The summed E-state index contributed by atoms with van der Waals surface area (Å²) in [5, 5.41) is 3.83. The molecule has 1 aromatic carbocycles. The number of hydrogen-bond donors (Lipinski definition) is 2. The predicted molar refractivity (Wildman–Crippen MR) is 82.0 cm³/mol. The Morgan fingerprint density at radius 1 is 1.21 bits per heavy atom. The summed E-state index contributed by atoms with van der Waals surface area (Å²) in [7, 11) is 0. The predicted octanol–water partition coefficient (Wildman–Crippen LogP) is 3.49. The van der Waals surface area contributed by atoms with Crippen molar-refractivity contribution in [1.82, 2.24) is 5.32 Å². The SMILES string of the molecule is CC1CC(C)CC(CN)(NC(C)c2ccccc2)C1. The Hall–Kier alpha value is -0.860. The molecule has 1 saturated carbocycles. The molecule has 0 aromatic heterocycles. The van der Waals surface area contributed by atoms with Crippen LogP contribution in [0.25, 0.3) is 0 Å². The van der Waals surface area contributed by atoms with E-state index in [-0.39, 0.29) is 5.54 Å². The van der Waals surface area contributed by atoms with E-state index in [2.05, 4.69) is 56.4 Å². The number of rotatable bonds is 4. The van der Waals surface area contributed by atoms with Gasteiger partial charge in [-0.25, -0.2) is 0 Å². The highest BCUT2D eigenvalue weighted by atomic mass is 15.0. The molecule has 3 atom stereocenters. The van der Waals surface area contributed by atoms with Crippen molar-refractivity contribution >= 4 is 0 Å². The van der Waals surface area contributed by atoms with Crippen LogP contribution in [-0.2, 0) is 0 Å². The van der Waals surface area contributed by atoms with Crippen LogP contribution in [-0.4, -0.2) is 12.1 Å². The first kappa shape index (κ1) is 14.5. The molecule has 0 spiro atoms. The Morgan fingerprint density at radius 2 is 1.79 bits per heavy atom. The summed E-state index contributed by atoms with van der Waals surface area (Å²) in [6, 6.07) is 11.0. The fourth-order valence-electron chi connectivity index (χ4n) is 3.90. The van der Waals surface area contributed by atoms with Crippen molar-refractivity contribution in [3.05, 3.63) is 35.9 Å². The van der Waals surface area contributed by atoms with Gasteiger partial charge in [0, 0.05) is 18.1 Å². The molecule has 0 bridgehead atoms. The minimum absolute atomic E-state index is 0.117. The minimum Gasteiger partial charge on any atom is -0.329 e. The van der Waals surface area contributed by atoms with Crippen molar-refractivity contribution in [2.24, 2.45) is 17.6 Å². The van der Waals surface area contributed by atoms with E-state index in [1.165, 1.54) is 24.8 Å². The summed E-state index contributed by atoms with van der Waals surface area (Å²) in [4.78, 5) is 0. The van der Waals surface area contributed by atoms with Crippen LogP contribution in [0.5, 0.6) is 0 Å². The zero-order valence-corrected chi connectivity index (χ0v) is 12.5. The van der Waals surface area contributed by atoms with E-state index < -0.39 is 0 Å². The monoisotopic (exact) mass is 260 g/mol. The molecule has 19 heavy (non-hydrogen) atoms. The summed E-state index contributed by atoms with van der Waals surface area (Å²) < 4.78 is 0. The van der Waals surface area contributed by atoms with Crippen LogP contribution in [0.2, 0.25) is 0 Å². The normalized spacial score (nSPS) is 33.1. The maximum atomic E-state index is 6.13. The lowest BCUT2D eigenvalue weighted by Gasteiger charge is -2.44.